The molecule has 1 aliphatic heterocycles. The minimum absolute atomic E-state index is 0.0262. The average Bonchev–Trinajstić information content (AvgIpc) is 3.29. The van der Waals surface area contributed by atoms with Crippen molar-refractivity contribution >= 4 is 17.6 Å². The molecule has 9 nitrogen and oxygen atoms in total. The fourth-order valence-corrected chi connectivity index (χ4v) is 2.99. The maximum atomic E-state index is 13.2. The molecule has 1 aliphatic rings. The molecular weight excluding hydrogens is 385 g/mol. The number of halogens is 3. The molecule has 2 heterocycles. The Balaban J connectivity index is 1.80. The first-order chi connectivity index (χ1) is 13.0. The highest BCUT2D eigenvalue weighted by Gasteiger charge is 2.64. The summed E-state index contributed by atoms with van der Waals surface area (Å²) in [5.41, 5.74) is -2.75. The molecule has 2 aromatic rings. The van der Waals surface area contributed by atoms with Crippen LogP contribution < -0.4 is 0 Å². The normalized spacial score (nSPS) is 19.6. The van der Waals surface area contributed by atoms with Crippen molar-refractivity contribution in [3.8, 4) is 5.69 Å². The summed E-state index contributed by atoms with van der Waals surface area (Å²) in [7, 11) is 0. The second kappa shape index (κ2) is 6.62. The number of aliphatic carboxylic acids is 1. The molecule has 0 radical (unpaired) electrons. The minimum Gasteiger partial charge on any atom is -0.481 e. The third kappa shape index (κ3) is 3.17. The zero-order valence-corrected chi connectivity index (χ0v) is 14.1. The number of alkyl halides is 3. The van der Waals surface area contributed by atoms with Crippen molar-refractivity contribution in [2.45, 2.75) is 12.6 Å². The zero-order valence-electron chi connectivity index (χ0n) is 14.1. The average molecular weight is 398 g/mol. The molecule has 3 rings (SSSR count). The fraction of sp³-hybridized carbons (Fsp3) is 0.312. The number of nitro groups is 1. The number of carboxylic acids is 1. The highest BCUT2D eigenvalue weighted by molar-refractivity contribution is 5.94. The van der Waals surface area contributed by atoms with Gasteiger partial charge in [-0.15, -0.1) is 0 Å². The molecule has 1 N–H and O–H groups in total. The van der Waals surface area contributed by atoms with E-state index in [1.807, 2.05) is 0 Å². The van der Waals surface area contributed by atoms with Crippen LogP contribution in [0.15, 0.2) is 36.7 Å². The van der Waals surface area contributed by atoms with Crippen molar-refractivity contribution in [3.63, 3.8) is 0 Å². The molecule has 0 saturated carbocycles. The number of carboxylic acid groups (broad SMARTS) is 1. The van der Waals surface area contributed by atoms with Crippen LogP contribution >= 0.6 is 0 Å². The largest absolute Gasteiger partial charge is 0.481 e. The number of nitrogens with zero attached hydrogens (tertiary/aromatic N) is 4. The van der Waals surface area contributed by atoms with Gasteiger partial charge in [0.2, 0.25) is 0 Å². The van der Waals surface area contributed by atoms with Gasteiger partial charge in [-0.2, -0.15) is 18.3 Å². The monoisotopic (exact) mass is 398 g/mol. The molecule has 1 saturated heterocycles. The van der Waals surface area contributed by atoms with E-state index in [1.54, 1.807) is 0 Å². The summed E-state index contributed by atoms with van der Waals surface area (Å²) in [4.78, 5) is 34.6. The summed E-state index contributed by atoms with van der Waals surface area (Å²) in [6.45, 7) is -1.33. The number of hydrogen-bond acceptors (Lipinski definition) is 5. The first-order valence-electron chi connectivity index (χ1n) is 7.94. The maximum Gasteiger partial charge on any atom is 0.406 e. The molecule has 1 aromatic carbocycles. The number of nitro benzene ring substituents is 1. The number of aromatic nitrogens is 2. The molecule has 1 fully saturated rings. The van der Waals surface area contributed by atoms with Gasteiger partial charge in [0.05, 0.1) is 22.4 Å². The summed E-state index contributed by atoms with van der Waals surface area (Å²) >= 11 is 0. The lowest BCUT2D eigenvalue weighted by Gasteiger charge is -2.27. The zero-order chi connectivity index (χ0) is 20.7. The van der Waals surface area contributed by atoms with Gasteiger partial charge in [0.15, 0.2) is 5.41 Å². The number of benzene rings is 1. The maximum absolute atomic E-state index is 13.2. The standard InChI is InChI=1S/C16H13F3N4O5/c17-16(18,19)15(14(25)26)5-6-21(9-15)13(24)10-7-20-22(8-10)11-1-3-12(4-2-11)23(27)28/h1-4,7-8H,5-6,9H2,(H,25,26). The van der Waals surface area contributed by atoms with Gasteiger partial charge in [-0.25, -0.2) is 4.68 Å². The number of amides is 1. The Morgan fingerprint density at radius 3 is 2.39 bits per heavy atom. The molecule has 1 unspecified atom stereocenters. The van der Waals surface area contributed by atoms with Crippen molar-refractivity contribution < 1.29 is 32.8 Å². The number of rotatable bonds is 4. The van der Waals surface area contributed by atoms with Crippen LogP contribution in [-0.2, 0) is 4.79 Å². The summed E-state index contributed by atoms with van der Waals surface area (Å²) in [6, 6.07) is 5.27. The van der Waals surface area contributed by atoms with Crippen molar-refractivity contribution in [2.75, 3.05) is 13.1 Å². The van der Waals surface area contributed by atoms with E-state index in [4.69, 9.17) is 5.11 Å². The topological polar surface area (TPSA) is 119 Å². The first-order valence-corrected chi connectivity index (χ1v) is 7.94. The lowest BCUT2D eigenvalue weighted by molar-refractivity contribution is -0.384. The van der Waals surface area contributed by atoms with E-state index in [0.717, 1.165) is 11.1 Å². The van der Waals surface area contributed by atoms with Gasteiger partial charge in [-0.1, -0.05) is 0 Å². The van der Waals surface area contributed by atoms with E-state index in [-0.39, 0.29) is 17.8 Å². The summed E-state index contributed by atoms with van der Waals surface area (Å²) in [5.74, 6) is -2.79. The van der Waals surface area contributed by atoms with Crippen LogP contribution in [0, 0.1) is 15.5 Å². The van der Waals surface area contributed by atoms with Gasteiger partial charge in [0, 0.05) is 31.4 Å². The third-order valence-electron chi connectivity index (χ3n) is 4.66. The number of carbonyl (C=O) groups is 2. The van der Waals surface area contributed by atoms with Gasteiger partial charge in [0.1, 0.15) is 0 Å². The summed E-state index contributed by atoms with van der Waals surface area (Å²) in [5, 5.41) is 23.7. The van der Waals surface area contributed by atoms with E-state index < -0.39 is 41.4 Å². The van der Waals surface area contributed by atoms with Crippen molar-refractivity contribution in [2.24, 2.45) is 5.41 Å². The fourth-order valence-electron chi connectivity index (χ4n) is 2.99. The van der Waals surface area contributed by atoms with Gasteiger partial charge in [0.25, 0.3) is 11.6 Å². The van der Waals surface area contributed by atoms with Crippen LogP contribution in [0.1, 0.15) is 16.8 Å². The Labute approximate surface area is 155 Å². The van der Waals surface area contributed by atoms with Gasteiger partial charge in [-0.05, 0) is 18.6 Å². The molecule has 0 aliphatic carbocycles. The van der Waals surface area contributed by atoms with E-state index in [0.29, 0.717) is 5.69 Å². The van der Waals surface area contributed by atoms with Crippen LogP contribution in [0.4, 0.5) is 18.9 Å². The lowest BCUT2D eigenvalue weighted by Crippen LogP contribution is -2.47. The van der Waals surface area contributed by atoms with Crippen molar-refractivity contribution in [1.29, 1.82) is 0 Å². The Morgan fingerprint density at radius 1 is 1.25 bits per heavy atom. The summed E-state index contributed by atoms with van der Waals surface area (Å²) < 4.78 is 40.9. The molecule has 1 atom stereocenters. The Hall–Kier alpha value is -3.44. The SMILES string of the molecule is O=C(c1cnn(-c2ccc([N+](=O)[O-])cc2)c1)N1CCC(C(=O)O)(C(F)(F)F)C1. The number of carbonyl (C=O) groups excluding carboxylic acids is 1. The lowest BCUT2D eigenvalue weighted by atomic mass is 9.86. The van der Waals surface area contributed by atoms with E-state index in [9.17, 15) is 32.9 Å². The minimum atomic E-state index is -4.99. The molecule has 0 spiro atoms. The van der Waals surface area contributed by atoms with Crippen molar-refractivity contribution in [3.05, 3.63) is 52.3 Å². The molecule has 148 valence electrons. The van der Waals surface area contributed by atoms with E-state index in [1.165, 1.54) is 35.1 Å². The molecule has 12 heteroatoms. The summed E-state index contributed by atoms with van der Waals surface area (Å²) in [6.07, 6.45) is -3.32. The molecule has 0 bridgehead atoms. The number of likely N-dealkylation sites (tertiary alicyclic amines) is 1. The van der Waals surface area contributed by atoms with Crippen LogP contribution in [0.2, 0.25) is 0 Å². The van der Waals surface area contributed by atoms with Gasteiger partial charge in [-0.3, -0.25) is 19.7 Å². The van der Waals surface area contributed by atoms with Crippen LogP contribution in [-0.4, -0.2) is 55.9 Å². The Bertz CT molecular complexity index is 941. The highest BCUT2D eigenvalue weighted by Crippen LogP contribution is 2.46. The second-order valence-electron chi connectivity index (χ2n) is 6.31. The predicted octanol–water partition coefficient (Wildman–Crippen LogP) is 2.26. The molecule has 1 aromatic heterocycles. The van der Waals surface area contributed by atoms with E-state index in [2.05, 4.69) is 5.10 Å². The van der Waals surface area contributed by atoms with Gasteiger partial charge < -0.3 is 10.0 Å². The smallest absolute Gasteiger partial charge is 0.406 e. The van der Waals surface area contributed by atoms with E-state index >= 15 is 0 Å². The van der Waals surface area contributed by atoms with Crippen LogP contribution in [0.3, 0.4) is 0 Å². The van der Waals surface area contributed by atoms with Crippen molar-refractivity contribution in [1.82, 2.24) is 14.7 Å². The van der Waals surface area contributed by atoms with Crippen LogP contribution in [0.25, 0.3) is 5.69 Å². The Morgan fingerprint density at radius 2 is 1.89 bits per heavy atom. The van der Waals surface area contributed by atoms with Gasteiger partial charge >= 0.3 is 12.1 Å². The first kappa shape index (κ1) is 19.3. The highest BCUT2D eigenvalue weighted by atomic mass is 19.4. The molecular formula is C16H13F3N4O5. The Kier molecular flexibility index (Phi) is 4.57. The predicted molar refractivity (Wildman–Crippen MR) is 86.9 cm³/mol. The third-order valence-corrected chi connectivity index (χ3v) is 4.66. The number of hydrogen-bond donors (Lipinski definition) is 1. The second-order valence-corrected chi connectivity index (χ2v) is 6.31. The quantitative estimate of drug-likeness (QED) is 0.623. The molecule has 1 amide bonds. The molecule has 28 heavy (non-hydrogen) atoms. The number of non-ortho nitro benzene ring substituents is 1. The van der Waals surface area contributed by atoms with Crippen LogP contribution in [0.5, 0.6) is 0 Å².